The van der Waals surface area contributed by atoms with E-state index < -0.39 is 5.97 Å². The molecule has 2 rings (SSSR count). The van der Waals surface area contributed by atoms with Gasteiger partial charge in [0.05, 0.1) is 12.1 Å². The van der Waals surface area contributed by atoms with E-state index in [4.69, 9.17) is 5.11 Å². The highest BCUT2D eigenvalue weighted by molar-refractivity contribution is 5.85. The molecule has 0 bridgehead atoms. The van der Waals surface area contributed by atoms with Crippen LogP contribution in [0.1, 0.15) is 11.3 Å². The minimum absolute atomic E-state index is 0. The number of carboxylic acid groups (broad SMARTS) is 1. The number of nitrogens with zero attached hydrogens (tertiary/aromatic N) is 2. The summed E-state index contributed by atoms with van der Waals surface area (Å²) in [5.41, 5.74) is 2.57. The topological polar surface area (TPSA) is 54.6 Å². The van der Waals surface area contributed by atoms with Crippen molar-refractivity contribution in [3.05, 3.63) is 35.8 Å². The number of aromatic nitrogens is 2. The van der Waals surface area contributed by atoms with Crippen molar-refractivity contribution in [2.45, 2.75) is 13.3 Å². The molecule has 0 fully saturated rings. The second-order valence-electron chi connectivity index (χ2n) is 3.20. The molecule has 2 aromatic rings. The van der Waals surface area contributed by atoms with Gasteiger partial charge in [-0.25, -0.2) is 4.98 Å². The monoisotopic (exact) mass is 226 g/mol. The fourth-order valence-electron chi connectivity index (χ4n) is 1.49. The molecule has 80 valence electrons. The van der Waals surface area contributed by atoms with Crippen LogP contribution in [0.4, 0.5) is 0 Å². The van der Waals surface area contributed by atoms with Crippen LogP contribution in [0.5, 0.6) is 0 Å². The smallest absolute Gasteiger partial charge is 0.309 e. The molecule has 1 N–H and O–H groups in total. The Bertz CT molecular complexity index is 493. The van der Waals surface area contributed by atoms with Crippen molar-refractivity contribution in [3.63, 3.8) is 0 Å². The zero-order valence-corrected chi connectivity index (χ0v) is 8.99. The minimum Gasteiger partial charge on any atom is -0.481 e. The highest BCUT2D eigenvalue weighted by atomic mass is 35.5. The van der Waals surface area contributed by atoms with Crippen LogP contribution in [0.2, 0.25) is 0 Å². The zero-order valence-electron chi connectivity index (χ0n) is 8.17. The number of hydrogen-bond acceptors (Lipinski definition) is 2. The Balaban J connectivity index is 0.00000112. The van der Waals surface area contributed by atoms with Crippen molar-refractivity contribution in [2.75, 3.05) is 0 Å². The molecule has 0 aliphatic carbocycles. The number of pyridine rings is 1. The number of rotatable bonds is 2. The van der Waals surface area contributed by atoms with E-state index in [2.05, 4.69) is 4.98 Å². The Morgan fingerprint density at radius 3 is 3.00 bits per heavy atom. The molecule has 0 amide bonds. The third-order valence-corrected chi connectivity index (χ3v) is 2.14. The van der Waals surface area contributed by atoms with Gasteiger partial charge in [-0.2, -0.15) is 0 Å². The number of aliphatic carboxylic acids is 1. The molecule has 15 heavy (non-hydrogen) atoms. The lowest BCUT2D eigenvalue weighted by molar-refractivity contribution is -0.136. The number of carboxylic acids is 1. The molecular weight excluding hydrogens is 216 g/mol. The van der Waals surface area contributed by atoms with Crippen molar-refractivity contribution in [3.8, 4) is 0 Å². The minimum atomic E-state index is -0.840. The largest absolute Gasteiger partial charge is 0.481 e. The van der Waals surface area contributed by atoms with Crippen molar-refractivity contribution < 1.29 is 9.90 Å². The summed E-state index contributed by atoms with van der Waals surface area (Å²) < 4.78 is 1.81. The molecule has 0 saturated heterocycles. The van der Waals surface area contributed by atoms with E-state index in [0.717, 1.165) is 11.2 Å². The van der Waals surface area contributed by atoms with Crippen molar-refractivity contribution in [1.82, 2.24) is 9.38 Å². The summed E-state index contributed by atoms with van der Waals surface area (Å²) in [6, 6.07) is 3.84. The first-order valence-corrected chi connectivity index (χ1v) is 4.32. The van der Waals surface area contributed by atoms with E-state index in [1.165, 1.54) is 0 Å². The van der Waals surface area contributed by atoms with Crippen LogP contribution >= 0.6 is 12.4 Å². The highest BCUT2D eigenvalue weighted by Crippen LogP contribution is 2.11. The molecule has 4 nitrogen and oxygen atoms in total. The van der Waals surface area contributed by atoms with Gasteiger partial charge in [-0.15, -0.1) is 12.4 Å². The van der Waals surface area contributed by atoms with E-state index in [9.17, 15) is 4.79 Å². The normalized spacial score (nSPS) is 9.93. The molecule has 0 spiro atoms. The lowest BCUT2D eigenvalue weighted by atomic mass is 10.3. The van der Waals surface area contributed by atoms with Crippen LogP contribution in [-0.4, -0.2) is 20.5 Å². The van der Waals surface area contributed by atoms with E-state index in [1.807, 2.05) is 29.7 Å². The fraction of sp³-hybridized carbons (Fsp3) is 0.200. The van der Waals surface area contributed by atoms with Crippen LogP contribution in [0.25, 0.3) is 5.65 Å². The molecule has 0 aliphatic rings. The predicted octanol–water partition coefficient (Wildman–Crippen LogP) is 1.69. The summed E-state index contributed by atoms with van der Waals surface area (Å²) in [6.45, 7) is 1.95. The summed E-state index contributed by atoms with van der Waals surface area (Å²) in [7, 11) is 0. The third-order valence-electron chi connectivity index (χ3n) is 2.14. The lowest BCUT2D eigenvalue weighted by Gasteiger charge is -1.99. The van der Waals surface area contributed by atoms with Crippen LogP contribution in [0.3, 0.4) is 0 Å². The summed E-state index contributed by atoms with van der Waals surface area (Å²) in [4.78, 5) is 14.7. The molecule has 0 atom stereocenters. The van der Waals surface area contributed by atoms with E-state index in [0.29, 0.717) is 5.69 Å². The van der Waals surface area contributed by atoms with Gasteiger partial charge in [0.25, 0.3) is 0 Å². The van der Waals surface area contributed by atoms with Crippen LogP contribution in [0, 0.1) is 6.92 Å². The molecule has 0 aromatic carbocycles. The Kier molecular flexibility index (Phi) is 3.31. The fourth-order valence-corrected chi connectivity index (χ4v) is 1.49. The first-order chi connectivity index (χ1) is 6.68. The molecule has 5 heteroatoms. The molecular formula is C10H11ClN2O2. The van der Waals surface area contributed by atoms with Gasteiger partial charge in [0, 0.05) is 12.4 Å². The van der Waals surface area contributed by atoms with Crippen molar-refractivity contribution >= 4 is 24.0 Å². The van der Waals surface area contributed by atoms with Gasteiger partial charge in [0.1, 0.15) is 5.65 Å². The van der Waals surface area contributed by atoms with Crippen molar-refractivity contribution in [2.24, 2.45) is 0 Å². The number of fused-ring (bicyclic) bond motifs is 1. The Morgan fingerprint density at radius 1 is 1.60 bits per heavy atom. The molecule has 0 radical (unpaired) electrons. The second kappa shape index (κ2) is 4.31. The van der Waals surface area contributed by atoms with E-state index in [-0.39, 0.29) is 18.8 Å². The Morgan fingerprint density at radius 2 is 2.33 bits per heavy atom. The molecule has 2 heterocycles. The van der Waals surface area contributed by atoms with Crippen LogP contribution in [0.15, 0.2) is 24.5 Å². The molecule has 0 saturated carbocycles. The number of imidazole rings is 1. The van der Waals surface area contributed by atoms with Gasteiger partial charge in [-0.1, -0.05) is 6.07 Å². The van der Waals surface area contributed by atoms with Gasteiger partial charge in [-0.05, 0) is 18.6 Å². The van der Waals surface area contributed by atoms with Gasteiger partial charge in [-0.3, -0.25) is 4.79 Å². The van der Waals surface area contributed by atoms with E-state index in [1.54, 1.807) is 6.20 Å². The maximum atomic E-state index is 10.6. The Hall–Kier alpha value is -1.55. The first-order valence-electron chi connectivity index (χ1n) is 4.32. The lowest BCUT2D eigenvalue weighted by Crippen LogP contribution is -2.03. The van der Waals surface area contributed by atoms with Crippen LogP contribution in [-0.2, 0) is 11.2 Å². The maximum Gasteiger partial charge on any atom is 0.309 e. The molecule has 0 unspecified atom stereocenters. The SMILES string of the molecule is Cc1cccn2c(CC(=O)O)cnc12.Cl. The van der Waals surface area contributed by atoms with E-state index >= 15 is 0 Å². The predicted molar refractivity (Wildman–Crippen MR) is 58.5 cm³/mol. The maximum absolute atomic E-state index is 10.6. The number of hydrogen-bond donors (Lipinski definition) is 1. The average Bonchev–Trinajstić information content (AvgIpc) is 2.49. The Labute approximate surface area is 93.0 Å². The first kappa shape index (κ1) is 11.5. The zero-order chi connectivity index (χ0) is 10.1. The summed E-state index contributed by atoms with van der Waals surface area (Å²) in [6.07, 6.45) is 3.44. The third kappa shape index (κ3) is 2.10. The summed E-state index contributed by atoms with van der Waals surface area (Å²) in [5, 5.41) is 8.67. The average molecular weight is 227 g/mol. The number of aryl methyl sites for hydroxylation is 1. The summed E-state index contributed by atoms with van der Waals surface area (Å²) >= 11 is 0. The van der Waals surface area contributed by atoms with Gasteiger partial charge in [0.15, 0.2) is 0 Å². The molecule has 0 aliphatic heterocycles. The number of carbonyl (C=O) groups is 1. The van der Waals surface area contributed by atoms with Gasteiger partial charge in [0.2, 0.25) is 0 Å². The second-order valence-corrected chi connectivity index (χ2v) is 3.20. The highest BCUT2D eigenvalue weighted by Gasteiger charge is 2.07. The number of halogens is 1. The summed E-state index contributed by atoms with van der Waals surface area (Å²) in [5.74, 6) is -0.840. The van der Waals surface area contributed by atoms with Crippen molar-refractivity contribution in [1.29, 1.82) is 0 Å². The van der Waals surface area contributed by atoms with Crippen LogP contribution < -0.4 is 0 Å². The quantitative estimate of drug-likeness (QED) is 0.848. The molecule has 2 aromatic heterocycles. The van der Waals surface area contributed by atoms with Gasteiger partial charge < -0.3 is 9.51 Å². The van der Waals surface area contributed by atoms with Gasteiger partial charge >= 0.3 is 5.97 Å². The standard InChI is InChI=1S/C10H10N2O2.ClH/c1-7-3-2-4-12-8(5-9(13)14)6-11-10(7)12;/h2-4,6H,5H2,1H3,(H,13,14);1H.